The van der Waals surface area contributed by atoms with Gasteiger partial charge < -0.3 is 19.1 Å². The van der Waals surface area contributed by atoms with Crippen LogP contribution < -0.4 is 4.74 Å². The molecule has 0 spiro atoms. The fourth-order valence-electron chi connectivity index (χ4n) is 3.65. The van der Waals surface area contributed by atoms with Gasteiger partial charge in [-0.2, -0.15) is 0 Å². The van der Waals surface area contributed by atoms with Crippen LogP contribution in [-0.2, 0) is 11.3 Å². The molecule has 1 aliphatic heterocycles. The fourth-order valence-corrected chi connectivity index (χ4v) is 3.65. The molecule has 2 atom stereocenters. The van der Waals surface area contributed by atoms with E-state index in [0.717, 1.165) is 22.3 Å². The molecule has 136 valence electrons. The Morgan fingerprint density at radius 2 is 2.04 bits per heavy atom. The predicted molar refractivity (Wildman–Crippen MR) is 97.9 cm³/mol. The van der Waals surface area contributed by atoms with Crippen LogP contribution in [-0.4, -0.2) is 29.5 Å². The Morgan fingerprint density at radius 1 is 1.23 bits per heavy atom. The molecule has 1 saturated heterocycles. The van der Waals surface area contributed by atoms with Crippen LogP contribution in [0.5, 0.6) is 5.75 Å². The van der Waals surface area contributed by atoms with E-state index in [2.05, 4.69) is 0 Å². The van der Waals surface area contributed by atoms with E-state index in [1.54, 1.807) is 13.2 Å². The number of fused-ring (bicyclic) bond motifs is 1. The SMILES string of the molecule is COc1ccc(Cn2cc([C@H]3C[C@@H](O)CCO3)c3cccc(F)c32)cc1. The van der Waals surface area contributed by atoms with Gasteiger partial charge in [0.15, 0.2) is 0 Å². The van der Waals surface area contributed by atoms with Crippen molar-refractivity contribution in [2.24, 2.45) is 0 Å². The van der Waals surface area contributed by atoms with E-state index < -0.39 is 0 Å². The third-order valence-corrected chi connectivity index (χ3v) is 5.00. The summed E-state index contributed by atoms with van der Waals surface area (Å²) >= 11 is 0. The number of benzene rings is 2. The topological polar surface area (TPSA) is 43.6 Å². The number of hydrogen-bond donors (Lipinski definition) is 1. The molecular weight excluding hydrogens is 333 g/mol. The molecule has 0 bridgehead atoms. The van der Waals surface area contributed by atoms with Gasteiger partial charge in [-0.05, 0) is 30.2 Å². The first-order chi connectivity index (χ1) is 12.7. The maximum atomic E-state index is 14.6. The lowest BCUT2D eigenvalue weighted by Crippen LogP contribution is -2.23. The van der Waals surface area contributed by atoms with Crippen molar-refractivity contribution >= 4 is 10.9 Å². The van der Waals surface area contributed by atoms with Gasteiger partial charge in [-0.1, -0.05) is 24.3 Å². The van der Waals surface area contributed by atoms with Crippen molar-refractivity contribution in [2.75, 3.05) is 13.7 Å². The van der Waals surface area contributed by atoms with Gasteiger partial charge >= 0.3 is 0 Å². The average molecular weight is 355 g/mol. The van der Waals surface area contributed by atoms with Crippen molar-refractivity contribution in [1.82, 2.24) is 4.57 Å². The van der Waals surface area contributed by atoms with Crippen LogP contribution in [0.2, 0.25) is 0 Å². The molecular formula is C21H22FNO3. The van der Waals surface area contributed by atoms with Gasteiger partial charge in [-0.3, -0.25) is 0 Å². The lowest BCUT2D eigenvalue weighted by molar-refractivity contribution is -0.0442. The van der Waals surface area contributed by atoms with E-state index >= 15 is 0 Å². The third kappa shape index (κ3) is 3.20. The summed E-state index contributed by atoms with van der Waals surface area (Å²) in [5.41, 5.74) is 2.57. The van der Waals surface area contributed by atoms with Crippen LogP contribution in [0.15, 0.2) is 48.7 Å². The molecule has 2 heterocycles. The zero-order chi connectivity index (χ0) is 18.1. The Bertz CT molecular complexity index is 904. The Morgan fingerprint density at radius 3 is 2.77 bits per heavy atom. The monoisotopic (exact) mass is 355 g/mol. The van der Waals surface area contributed by atoms with E-state index in [9.17, 15) is 9.50 Å². The first kappa shape index (κ1) is 17.1. The van der Waals surface area contributed by atoms with Crippen molar-refractivity contribution in [3.8, 4) is 5.75 Å². The van der Waals surface area contributed by atoms with Gasteiger partial charge in [-0.25, -0.2) is 4.39 Å². The summed E-state index contributed by atoms with van der Waals surface area (Å²) in [7, 11) is 1.63. The number of hydrogen-bond acceptors (Lipinski definition) is 3. The van der Waals surface area contributed by atoms with Crippen LogP contribution in [0.1, 0.15) is 30.1 Å². The largest absolute Gasteiger partial charge is 0.497 e. The van der Waals surface area contributed by atoms with E-state index in [-0.39, 0.29) is 18.0 Å². The Hall–Kier alpha value is -2.37. The molecule has 2 aromatic carbocycles. The lowest BCUT2D eigenvalue weighted by atomic mass is 9.99. The van der Waals surface area contributed by atoms with Crippen molar-refractivity contribution in [3.05, 3.63) is 65.6 Å². The van der Waals surface area contributed by atoms with Crippen molar-refractivity contribution in [3.63, 3.8) is 0 Å². The zero-order valence-corrected chi connectivity index (χ0v) is 14.7. The minimum absolute atomic E-state index is 0.208. The van der Waals surface area contributed by atoms with Crippen LogP contribution in [0.25, 0.3) is 10.9 Å². The smallest absolute Gasteiger partial charge is 0.147 e. The number of halogens is 1. The predicted octanol–water partition coefficient (Wildman–Crippen LogP) is 4.05. The molecule has 0 aliphatic carbocycles. The van der Waals surface area contributed by atoms with Crippen LogP contribution in [0.4, 0.5) is 4.39 Å². The minimum Gasteiger partial charge on any atom is -0.497 e. The molecule has 4 rings (SSSR count). The summed E-state index contributed by atoms with van der Waals surface area (Å²) in [4.78, 5) is 0. The molecule has 0 radical (unpaired) electrons. The van der Waals surface area contributed by atoms with Crippen LogP contribution in [0, 0.1) is 5.82 Å². The maximum absolute atomic E-state index is 14.6. The van der Waals surface area contributed by atoms with Crippen LogP contribution in [0.3, 0.4) is 0 Å². The molecule has 5 heteroatoms. The van der Waals surface area contributed by atoms with Crippen molar-refractivity contribution < 1.29 is 19.0 Å². The van der Waals surface area contributed by atoms with Gasteiger partial charge in [0.25, 0.3) is 0 Å². The summed E-state index contributed by atoms with van der Waals surface area (Å²) in [6.07, 6.45) is 2.57. The van der Waals surface area contributed by atoms with Crippen molar-refractivity contribution in [1.29, 1.82) is 0 Å². The number of methoxy groups -OCH3 is 1. The van der Waals surface area contributed by atoms with Gasteiger partial charge in [0.2, 0.25) is 0 Å². The number of nitrogens with zero attached hydrogens (tertiary/aromatic N) is 1. The number of rotatable bonds is 4. The third-order valence-electron chi connectivity index (χ3n) is 5.00. The molecule has 1 N–H and O–H groups in total. The van der Waals surface area contributed by atoms with E-state index in [4.69, 9.17) is 9.47 Å². The fraction of sp³-hybridized carbons (Fsp3) is 0.333. The lowest BCUT2D eigenvalue weighted by Gasteiger charge is -2.26. The second-order valence-electron chi connectivity index (χ2n) is 6.73. The summed E-state index contributed by atoms with van der Waals surface area (Å²) in [6.45, 7) is 1.07. The van der Waals surface area contributed by atoms with E-state index in [1.165, 1.54) is 6.07 Å². The number of aromatic nitrogens is 1. The second kappa shape index (κ2) is 7.09. The zero-order valence-electron chi connectivity index (χ0n) is 14.7. The molecule has 1 aromatic heterocycles. The minimum atomic E-state index is -0.373. The quantitative estimate of drug-likeness (QED) is 0.768. The number of aliphatic hydroxyl groups excluding tert-OH is 1. The highest BCUT2D eigenvalue weighted by Crippen LogP contribution is 2.35. The standard InChI is InChI=1S/C21H22FNO3/c1-25-16-7-5-14(6-8-16)12-23-13-18(20-11-15(24)9-10-26-20)17-3-2-4-19(22)21(17)23/h2-8,13,15,20,24H,9-12H2,1H3/t15-,20+/m0/s1. The van der Waals surface area contributed by atoms with Gasteiger partial charge in [0, 0.05) is 36.7 Å². The van der Waals surface area contributed by atoms with E-state index in [1.807, 2.05) is 41.1 Å². The normalized spacial score (nSPS) is 20.4. The maximum Gasteiger partial charge on any atom is 0.147 e. The number of aliphatic hydroxyl groups is 1. The first-order valence-corrected chi connectivity index (χ1v) is 8.85. The summed E-state index contributed by atoms with van der Waals surface area (Å²) in [5, 5.41) is 10.8. The van der Waals surface area contributed by atoms with Gasteiger partial charge in [-0.15, -0.1) is 0 Å². The molecule has 0 amide bonds. The average Bonchev–Trinajstić information content (AvgIpc) is 3.02. The summed E-state index contributed by atoms with van der Waals surface area (Å²) < 4.78 is 27.6. The van der Waals surface area contributed by atoms with Gasteiger partial charge in [0.1, 0.15) is 11.6 Å². The highest BCUT2D eigenvalue weighted by Gasteiger charge is 2.26. The van der Waals surface area contributed by atoms with E-state index in [0.29, 0.717) is 31.5 Å². The Balaban J connectivity index is 1.74. The van der Waals surface area contributed by atoms with Crippen molar-refractivity contribution in [2.45, 2.75) is 31.6 Å². The van der Waals surface area contributed by atoms with Crippen LogP contribution >= 0.6 is 0 Å². The molecule has 1 aliphatic rings. The number of para-hydroxylation sites is 1. The van der Waals surface area contributed by atoms with Gasteiger partial charge in [0.05, 0.1) is 24.8 Å². The molecule has 3 aromatic rings. The Kier molecular flexibility index (Phi) is 4.66. The molecule has 4 nitrogen and oxygen atoms in total. The molecule has 0 unspecified atom stereocenters. The second-order valence-corrected chi connectivity index (χ2v) is 6.73. The molecule has 0 saturated carbocycles. The molecule has 1 fully saturated rings. The number of ether oxygens (including phenoxy) is 2. The summed E-state index contributed by atoms with van der Waals surface area (Å²) in [6, 6.07) is 12.9. The summed E-state index contributed by atoms with van der Waals surface area (Å²) in [5.74, 6) is 0.543. The Labute approximate surface area is 151 Å². The highest BCUT2D eigenvalue weighted by molar-refractivity contribution is 5.85. The first-order valence-electron chi connectivity index (χ1n) is 8.85. The molecule has 26 heavy (non-hydrogen) atoms. The highest BCUT2D eigenvalue weighted by atomic mass is 19.1.